The molecule has 2 heterocycles. The third-order valence-electron chi connectivity index (χ3n) is 2.98. The number of nitrogens with zero attached hydrogens (tertiary/aromatic N) is 1. The van der Waals surface area contributed by atoms with Gasteiger partial charge in [0.25, 0.3) is 0 Å². The molecular weight excluding hydrogens is 269 g/mol. The standard InChI is InChI=1S/C10H13F3N2S2/c1-9(3-2-4-16-9)7(14)6-5-15-8(17-6)10(11,12)13/h5,7H,2-4,14H2,1H3. The topological polar surface area (TPSA) is 38.9 Å². The summed E-state index contributed by atoms with van der Waals surface area (Å²) in [7, 11) is 0. The number of halogens is 3. The zero-order valence-corrected chi connectivity index (χ0v) is 10.9. The van der Waals surface area contributed by atoms with E-state index in [-0.39, 0.29) is 10.8 Å². The van der Waals surface area contributed by atoms with E-state index in [0.29, 0.717) is 16.2 Å². The Labute approximate surface area is 106 Å². The number of nitrogens with two attached hydrogens (primary N) is 1. The fourth-order valence-corrected chi connectivity index (χ4v) is 4.27. The summed E-state index contributed by atoms with van der Waals surface area (Å²) in [4.78, 5) is 3.94. The second kappa shape index (κ2) is 4.44. The molecule has 0 radical (unpaired) electrons. The average Bonchev–Trinajstić information content (AvgIpc) is 2.84. The zero-order chi connectivity index (χ0) is 12.7. The van der Waals surface area contributed by atoms with Crippen LogP contribution in [-0.4, -0.2) is 15.5 Å². The fourth-order valence-electron chi connectivity index (χ4n) is 1.91. The molecule has 17 heavy (non-hydrogen) atoms. The Morgan fingerprint density at radius 1 is 1.53 bits per heavy atom. The van der Waals surface area contributed by atoms with E-state index in [1.165, 1.54) is 6.20 Å². The molecule has 0 saturated carbocycles. The maximum absolute atomic E-state index is 12.4. The molecule has 0 spiro atoms. The van der Waals surface area contributed by atoms with Gasteiger partial charge in [-0.25, -0.2) is 4.98 Å². The van der Waals surface area contributed by atoms with E-state index in [9.17, 15) is 13.2 Å². The van der Waals surface area contributed by atoms with E-state index >= 15 is 0 Å². The average molecular weight is 282 g/mol. The second-order valence-electron chi connectivity index (χ2n) is 4.31. The molecule has 2 nitrogen and oxygen atoms in total. The highest BCUT2D eigenvalue weighted by Gasteiger charge is 2.40. The SMILES string of the molecule is CC1(C(N)c2cnc(C(F)(F)F)s2)CCCS1. The molecule has 96 valence electrons. The van der Waals surface area contributed by atoms with Crippen molar-refractivity contribution in [2.45, 2.75) is 36.7 Å². The third kappa shape index (κ3) is 2.61. The molecule has 1 aliphatic rings. The van der Waals surface area contributed by atoms with Gasteiger partial charge in [0.15, 0.2) is 5.01 Å². The van der Waals surface area contributed by atoms with E-state index < -0.39 is 11.2 Å². The van der Waals surface area contributed by atoms with Crippen LogP contribution in [0.3, 0.4) is 0 Å². The maximum atomic E-state index is 12.4. The Bertz CT molecular complexity index is 397. The van der Waals surface area contributed by atoms with Crippen LogP contribution < -0.4 is 5.73 Å². The van der Waals surface area contributed by atoms with Crippen LogP contribution in [0.4, 0.5) is 13.2 Å². The van der Waals surface area contributed by atoms with Crippen LogP contribution in [0.15, 0.2) is 6.20 Å². The zero-order valence-electron chi connectivity index (χ0n) is 9.25. The summed E-state index contributed by atoms with van der Waals surface area (Å²) in [5.74, 6) is 1.02. The lowest BCUT2D eigenvalue weighted by Crippen LogP contribution is -2.32. The smallest absolute Gasteiger partial charge is 0.322 e. The molecule has 0 bridgehead atoms. The predicted octanol–water partition coefficient (Wildman–Crippen LogP) is 3.45. The summed E-state index contributed by atoms with van der Waals surface area (Å²) in [5, 5.41) is -0.811. The first kappa shape index (κ1) is 13.2. The minimum atomic E-state index is -4.37. The molecule has 1 aromatic rings. The summed E-state index contributed by atoms with van der Waals surface area (Å²) in [6.45, 7) is 2.02. The van der Waals surface area contributed by atoms with E-state index in [0.717, 1.165) is 18.6 Å². The molecule has 0 amide bonds. The van der Waals surface area contributed by atoms with Crippen molar-refractivity contribution in [1.82, 2.24) is 4.98 Å². The summed E-state index contributed by atoms with van der Waals surface area (Å²) in [6, 6.07) is -0.372. The lowest BCUT2D eigenvalue weighted by molar-refractivity contribution is -0.137. The molecule has 2 N–H and O–H groups in total. The first-order valence-electron chi connectivity index (χ1n) is 5.25. The van der Waals surface area contributed by atoms with Crippen molar-refractivity contribution in [1.29, 1.82) is 0 Å². The predicted molar refractivity (Wildman–Crippen MR) is 64.1 cm³/mol. The van der Waals surface area contributed by atoms with Gasteiger partial charge in [0.1, 0.15) is 0 Å². The Morgan fingerprint density at radius 3 is 2.71 bits per heavy atom. The molecule has 1 aromatic heterocycles. The van der Waals surface area contributed by atoms with Crippen molar-refractivity contribution in [2.24, 2.45) is 5.73 Å². The van der Waals surface area contributed by atoms with E-state index in [1.807, 2.05) is 6.92 Å². The maximum Gasteiger partial charge on any atom is 0.443 e. The van der Waals surface area contributed by atoms with Crippen molar-refractivity contribution >= 4 is 23.1 Å². The highest BCUT2D eigenvalue weighted by atomic mass is 32.2. The van der Waals surface area contributed by atoms with E-state index in [2.05, 4.69) is 4.98 Å². The van der Waals surface area contributed by atoms with Crippen molar-refractivity contribution in [3.8, 4) is 0 Å². The molecule has 1 fully saturated rings. The van der Waals surface area contributed by atoms with Crippen molar-refractivity contribution in [3.63, 3.8) is 0 Å². The first-order chi connectivity index (χ1) is 7.83. The monoisotopic (exact) mass is 282 g/mol. The number of thioether (sulfide) groups is 1. The number of rotatable bonds is 2. The van der Waals surface area contributed by atoms with Crippen LogP contribution in [0.1, 0.15) is 35.7 Å². The number of thiazole rings is 1. The van der Waals surface area contributed by atoms with Crippen molar-refractivity contribution in [2.75, 3.05) is 5.75 Å². The van der Waals surface area contributed by atoms with Gasteiger partial charge in [-0.3, -0.25) is 0 Å². The first-order valence-corrected chi connectivity index (χ1v) is 7.05. The Balaban J connectivity index is 2.20. The fraction of sp³-hybridized carbons (Fsp3) is 0.700. The molecule has 0 aliphatic carbocycles. The summed E-state index contributed by atoms with van der Waals surface area (Å²) < 4.78 is 37.2. The van der Waals surface area contributed by atoms with Gasteiger partial charge in [0.2, 0.25) is 0 Å². The number of aromatic nitrogens is 1. The summed E-state index contributed by atoms with van der Waals surface area (Å²) in [5.41, 5.74) is 6.07. The normalized spacial score (nSPS) is 27.4. The minimum Gasteiger partial charge on any atom is -0.322 e. The van der Waals surface area contributed by atoms with Crippen molar-refractivity contribution in [3.05, 3.63) is 16.1 Å². The van der Waals surface area contributed by atoms with Crippen LogP contribution in [0.5, 0.6) is 0 Å². The summed E-state index contributed by atoms with van der Waals surface area (Å²) >= 11 is 2.40. The number of hydrogen-bond acceptors (Lipinski definition) is 4. The lowest BCUT2D eigenvalue weighted by atomic mass is 9.96. The van der Waals surface area contributed by atoms with Gasteiger partial charge in [0, 0.05) is 15.8 Å². The molecule has 0 aromatic carbocycles. The van der Waals surface area contributed by atoms with Gasteiger partial charge in [-0.15, -0.1) is 11.3 Å². The van der Waals surface area contributed by atoms with Crippen molar-refractivity contribution < 1.29 is 13.2 Å². The van der Waals surface area contributed by atoms with Crippen LogP contribution in [0.2, 0.25) is 0 Å². The highest BCUT2D eigenvalue weighted by molar-refractivity contribution is 8.00. The van der Waals surface area contributed by atoms with Gasteiger partial charge in [0.05, 0.1) is 6.04 Å². The van der Waals surface area contributed by atoms with Crippen LogP contribution in [0, 0.1) is 0 Å². The summed E-state index contributed by atoms with van der Waals surface area (Å²) in [6.07, 6.45) is -1.09. The quantitative estimate of drug-likeness (QED) is 0.903. The Hall–Kier alpha value is -0.270. The van der Waals surface area contributed by atoms with Gasteiger partial charge in [-0.2, -0.15) is 24.9 Å². The largest absolute Gasteiger partial charge is 0.443 e. The Morgan fingerprint density at radius 2 is 2.24 bits per heavy atom. The third-order valence-corrected chi connectivity index (χ3v) is 5.72. The van der Waals surface area contributed by atoms with E-state index in [4.69, 9.17) is 5.73 Å². The van der Waals surface area contributed by atoms with Gasteiger partial charge in [-0.1, -0.05) is 0 Å². The van der Waals surface area contributed by atoms with Gasteiger partial charge >= 0.3 is 6.18 Å². The van der Waals surface area contributed by atoms with Crippen LogP contribution >= 0.6 is 23.1 Å². The molecule has 1 aliphatic heterocycles. The van der Waals surface area contributed by atoms with E-state index in [1.54, 1.807) is 11.8 Å². The highest BCUT2D eigenvalue weighted by Crippen LogP contribution is 2.47. The Kier molecular flexibility index (Phi) is 3.44. The molecular formula is C10H13F3N2S2. The number of hydrogen-bond donors (Lipinski definition) is 1. The molecule has 7 heteroatoms. The molecule has 2 atom stereocenters. The molecule has 2 unspecified atom stereocenters. The van der Waals surface area contributed by atoms with Crippen LogP contribution in [0.25, 0.3) is 0 Å². The molecule has 2 rings (SSSR count). The minimum absolute atomic E-state index is 0.157. The second-order valence-corrected chi connectivity index (χ2v) is 7.00. The van der Waals surface area contributed by atoms with Crippen LogP contribution in [-0.2, 0) is 6.18 Å². The lowest BCUT2D eigenvalue weighted by Gasteiger charge is -2.29. The van der Waals surface area contributed by atoms with Gasteiger partial charge < -0.3 is 5.73 Å². The number of alkyl halides is 3. The molecule has 1 saturated heterocycles. The van der Waals surface area contributed by atoms with Gasteiger partial charge in [-0.05, 0) is 25.5 Å².